The number of alkyl halides is 3. The zero-order valence-corrected chi connectivity index (χ0v) is 24.4. The van der Waals surface area contributed by atoms with Crippen LogP contribution in [0.4, 0.5) is 17.6 Å². The van der Waals surface area contributed by atoms with Gasteiger partial charge in [0.05, 0.1) is 12.0 Å². The van der Waals surface area contributed by atoms with E-state index in [4.69, 9.17) is 4.42 Å². The molecule has 3 aromatic carbocycles. The van der Waals surface area contributed by atoms with Gasteiger partial charge >= 0.3 is 12.1 Å². The number of nitrogens with zero attached hydrogens (tertiary/aromatic N) is 1. The molecule has 0 saturated carbocycles. The van der Waals surface area contributed by atoms with Crippen LogP contribution < -0.4 is 10.4 Å². The molecule has 0 bridgehead atoms. The van der Waals surface area contributed by atoms with Crippen LogP contribution in [0.25, 0.3) is 22.8 Å². The van der Waals surface area contributed by atoms with Gasteiger partial charge in [-0.3, -0.25) is 9.59 Å². The Kier molecular flexibility index (Phi) is 8.25. The predicted octanol–water partition coefficient (Wildman–Crippen LogP) is 6.67. The molecule has 0 saturated heterocycles. The molecular formula is C35H31F4NO4. The summed E-state index contributed by atoms with van der Waals surface area (Å²) in [6.07, 6.45) is -2.48. The van der Waals surface area contributed by atoms with Gasteiger partial charge in [-0.1, -0.05) is 73.7 Å². The number of fused-ring (bicyclic) bond motifs is 1. The van der Waals surface area contributed by atoms with E-state index >= 15 is 0 Å². The Morgan fingerprint density at radius 1 is 0.932 bits per heavy atom. The number of hydrogen-bond donors (Lipinski definition) is 1. The molecular weight excluding hydrogens is 574 g/mol. The Labute approximate surface area is 251 Å². The number of furan rings is 1. The fourth-order valence-corrected chi connectivity index (χ4v) is 5.39. The molecule has 1 aliphatic rings. The lowest BCUT2D eigenvalue weighted by Crippen LogP contribution is -2.42. The Balaban J connectivity index is 1.49. The van der Waals surface area contributed by atoms with Crippen molar-refractivity contribution in [3.8, 4) is 11.1 Å². The van der Waals surface area contributed by atoms with Crippen LogP contribution in [-0.4, -0.2) is 21.9 Å². The number of rotatable bonds is 8. The number of carbonyl (C=O) groups is 2. The van der Waals surface area contributed by atoms with Gasteiger partial charge in [0.2, 0.25) is 5.76 Å². The van der Waals surface area contributed by atoms with Crippen LogP contribution in [0.5, 0.6) is 0 Å². The highest BCUT2D eigenvalue weighted by Gasteiger charge is 2.35. The lowest BCUT2D eigenvalue weighted by atomic mass is 9.83. The van der Waals surface area contributed by atoms with Crippen LogP contribution in [0.3, 0.4) is 0 Å². The van der Waals surface area contributed by atoms with Crippen molar-refractivity contribution in [2.75, 3.05) is 0 Å². The molecule has 44 heavy (non-hydrogen) atoms. The van der Waals surface area contributed by atoms with Crippen molar-refractivity contribution in [1.82, 2.24) is 4.90 Å². The van der Waals surface area contributed by atoms with Gasteiger partial charge < -0.3 is 14.4 Å². The van der Waals surface area contributed by atoms with E-state index in [1.165, 1.54) is 23.1 Å². The van der Waals surface area contributed by atoms with Crippen LogP contribution in [0.1, 0.15) is 49.8 Å². The third-order valence-electron chi connectivity index (χ3n) is 8.10. The first-order valence-electron chi connectivity index (χ1n) is 14.1. The van der Waals surface area contributed by atoms with Crippen LogP contribution in [0, 0.1) is 11.7 Å². The van der Waals surface area contributed by atoms with Gasteiger partial charge in [0.25, 0.3) is 5.91 Å². The number of benzene rings is 3. The summed E-state index contributed by atoms with van der Waals surface area (Å²) < 4.78 is 59.4. The molecule has 1 heterocycles. The first kappa shape index (κ1) is 30.8. The summed E-state index contributed by atoms with van der Waals surface area (Å²) in [6.45, 7) is 4.95. The van der Waals surface area contributed by atoms with Gasteiger partial charge in [-0.15, -0.1) is 0 Å². The summed E-state index contributed by atoms with van der Waals surface area (Å²) in [5.41, 5.74) is 2.30. The second-order valence-electron chi connectivity index (χ2n) is 11.6. The lowest BCUT2D eigenvalue weighted by Gasteiger charge is -2.27. The molecule has 0 spiro atoms. The van der Waals surface area contributed by atoms with Gasteiger partial charge in [-0.05, 0) is 71.9 Å². The minimum Gasteiger partial charge on any atom is -0.481 e. The van der Waals surface area contributed by atoms with E-state index in [1.54, 1.807) is 38.1 Å². The van der Waals surface area contributed by atoms with E-state index in [-0.39, 0.29) is 24.8 Å². The minimum absolute atomic E-state index is 0.0322. The number of hydrogen-bond acceptors (Lipinski definition) is 3. The van der Waals surface area contributed by atoms with Crippen molar-refractivity contribution in [3.63, 3.8) is 0 Å². The molecule has 5 rings (SSSR count). The molecule has 0 radical (unpaired) electrons. The zero-order chi connectivity index (χ0) is 31.8. The summed E-state index contributed by atoms with van der Waals surface area (Å²) in [7, 11) is 0. The van der Waals surface area contributed by atoms with E-state index in [2.05, 4.69) is 0 Å². The fraction of sp³-hybridized carbons (Fsp3) is 0.257. The van der Waals surface area contributed by atoms with Gasteiger partial charge in [-0.25, -0.2) is 4.39 Å². The summed E-state index contributed by atoms with van der Waals surface area (Å²) >= 11 is 0. The maximum Gasteiger partial charge on any atom is 0.449 e. The van der Waals surface area contributed by atoms with E-state index < -0.39 is 35.0 Å². The number of carboxylic acids is 1. The van der Waals surface area contributed by atoms with Crippen molar-refractivity contribution in [3.05, 3.63) is 118 Å². The third kappa shape index (κ3) is 6.18. The van der Waals surface area contributed by atoms with Gasteiger partial charge in [0, 0.05) is 17.3 Å². The van der Waals surface area contributed by atoms with Crippen LogP contribution >= 0.6 is 0 Å². The monoisotopic (exact) mass is 605 g/mol. The third-order valence-corrected chi connectivity index (χ3v) is 8.10. The second kappa shape index (κ2) is 11.8. The summed E-state index contributed by atoms with van der Waals surface area (Å²) in [4.78, 5) is 27.3. The van der Waals surface area contributed by atoms with Crippen LogP contribution in [0.15, 0.2) is 83.3 Å². The highest BCUT2D eigenvalue weighted by molar-refractivity contribution is 6.14. The lowest BCUT2D eigenvalue weighted by molar-refractivity contribution is -0.153. The Morgan fingerprint density at radius 2 is 1.64 bits per heavy atom. The summed E-state index contributed by atoms with van der Waals surface area (Å²) in [5, 5.41) is 10.4. The molecule has 1 aromatic heterocycles. The highest BCUT2D eigenvalue weighted by atomic mass is 19.4. The molecule has 1 aliphatic carbocycles. The maximum atomic E-state index is 14.6. The number of aliphatic carboxylic acids is 1. The highest BCUT2D eigenvalue weighted by Crippen LogP contribution is 2.32. The number of halogens is 4. The molecule has 1 amide bonds. The SMILES string of the molecule is CC1CC=c2c(F)cccc2=C1C(=O)N(Cc1ccc(-c2cccc(C(C)(C)C(=O)O)c2)cc1)Cc1ccc(C(F)(F)F)o1. The van der Waals surface area contributed by atoms with E-state index in [0.29, 0.717) is 33.6 Å². The molecule has 5 nitrogen and oxygen atoms in total. The standard InChI is InChI=1S/C35H31F4NO4/c1-21-10-16-27-28(8-5-9-29(27)36)31(21)32(41)40(20-26-15-17-30(44-26)35(37,38)39)19-22-11-13-23(14-12-22)24-6-4-7-25(18-24)34(2,3)33(42)43/h4-9,11-18,21H,10,19-20H2,1-3H3,(H,42,43). The number of amides is 1. The van der Waals surface area contributed by atoms with Crippen molar-refractivity contribution in [1.29, 1.82) is 0 Å². The summed E-state index contributed by atoms with van der Waals surface area (Å²) in [5.74, 6) is -3.24. The van der Waals surface area contributed by atoms with Crippen molar-refractivity contribution >= 4 is 23.5 Å². The molecule has 9 heteroatoms. The first-order valence-corrected chi connectivity index (χ1v) is 14.1. The molecule has 1 atom stereocenters. The molecule has 1 N–H and O–H groups in total. The van der Waals surface area contributed by atoms with Crippen LogP contribution in [-0.2, 0) is 34.3 Å². The van der Waals surface area contributed by atoms with Crippen molar-refractivity contribution < 1.29 is 36.7 Å². The maximum absolute atomic E-state index is 14.6. The smallest absolute Gasteiger partial charge is 0.449 e. The van der Waals surface area contributed by atoms with Gasteiger partial charge in [0.15, 0.2) is 0 Å². The fourth-order valence-electron chi connectivity index (χ4n) is 5.39. The van der Waals surface area contributed by atoms with Gasteiger partial charge in [0.1, 0.15) is 11.6 Å². The average Bonchev–Trinajstić information content (AvgIpc) is 3.46. The van der Waals surface area contributed by atoms with E-state index in [9.17, 15) is 32.3 Å². The average molecular weight is 606 g/mol. The molecule has 4 aromatic rings. The van der Waals surface area contributed by atoms with Crippen molar-refractivity contribution in [2.24, 2.45) is 5.92 Å². The molecule has 0 fully saturated rings. The molecule has 0 aliphatic heterocycles. The zero-order valence-electron chi connectivity index (χ0n) is 24.4. The first-order chi connectivity index (χ1) is 20.8. The quantitative estimate of drug-likeness (QED) is 0.228. The van der Waals surface area contributed by atoms with Crippen molar-refractivity contribution in [2.45, 2.75) is 51.9 Å². The molecule has 1 unspecified atom stereocenters. The predicted molar refractivity (Wildman–Crippen MR) is 158 cm³/mol. The Hall–Kier alpha value is -4.66. The van der Waals surface area contributed by atoms with E-state index in [1.807, 2.05) is 43.3 Å². The largest absolute Gasteiger partial charge is 0.481 e. The van der Waals surface area contributed by atoms with E-state index in [0.717, 1.165) is 17.2 Å². The minimum atomic E-state index is -4.67. The Morgan fingerprint density at radius 3 is 2.30 bits per heavy atom. The molecule has 228 valence electrons. The van der Waals surface area contributed by atoms with Crippen LogP contribution in [0.2, 0.25) is 0 Å². The number of carbonyl (C=O) groups excluding carboxylic acids is 1. The van der Waals surface area contributed by atoms with Gasteiger partial charge in [-0.2, -0.15) is 13.2 Å². The Bertz CT molecular complexity index is 1840. The number of carboxylic acid groups (broad SMARTS) is 1. The summed E-state index contributed by atoms with van der Waals surface area (Å²) in [6, 6.07) is 21.1. The second-order valence-corrected chi connectivity index (χ2v) is 11.6. The normalized spacial score (nSPS) is 15.0. The topological polar surface area (TPSA) is 70.8 Å².